The first-order valence-electron chi connectivity index (χ1n) is 6.56. The van der Waals surface area contributed by atoms with Gasteiger partial charge in [0.1, 0.15) is 10.6 Å². The van der Waals surface area contributed by atoms with Crippen molar-refractivity contribution in [2.75, 3.05) is 17.7 Å². The zero-order chi connectivity index (χ0) is 12.4. The number of nitrogens with zero attached hydrogens (tertiary/aromatic N) is 2. The van der Waals surface area contributed by atoms with Crippen LogP contribution in [0.25, 0.3) is 10.2 Å². The predicted octanol–water partition coefficient (Wildman–Crippen LogP) is 3.48. The molecule has 3 rings (SSSR count). The minimum absolute atomic E-state index is 0.571. The first-order chi connectivity index (χ1) is 8.86. The second kappa shape index (κ2) is 5.10. The molecule has 0 aliphatic heterocycles. The Balaban J connectivity index is 1.91. The molecule has 0 saturated heterocycles. The van der Waals surface area contributed by atoms with Crippen LogP contribution in [0.5, 0.6) is 0 Å². The summed E-state index contributed by atoms with van der Waals surface area (Å²) in [4.78, 5) is 10.1. The van der Waals surface area contributed by atoms with Crippen LogP contribution < -0.4 is 10.6 Å². The summed E-state index contributed by atoms with van der Waals surface area (Å²) < 4.78 is 0. The minimum atomic E-state index is 0.571. The molecule has 1 fully saturated rings. The highest BCUT2D eigenvalue weighted by atomic mass is 32.1. The summed E-state index contributed by atoms with van der Waals surface area (Å²) in [6.45, 7) is 0. The van der Waals surface area contributed by atoms with Crippen LogP contribution in [-0.2, 0) is 0 Å². The molecule has 1 aliphatic rings. The highest BCUT2D eigenvalue weighted by molar-refractivity contribution is 7.16. The molecule has 2 aromatic rings. The summed E-state index contributed by atoms with van der Waals surface area (Å²) in [5.74, 6) is 1.68. The highest BCUT2D eigenvalue weighted by Gasteiger charge is 2.16. The van der Waals surface area contributed by atoms with Crippen molar-refractivity contribution in [3.8, 4) is 0 Å². The van der Waals surface area contributed by atoms with E-state index >= 15 is 0 Å². The van der Waals surface area contributed by atoms with Crippen LogP contribution in [0.4, 0.5) is 11.8 Å². The van der Waals surface area contributed by atoms with Gasteiger partial charge in [-0.2, -0.15) is 4.98 Å². The maximum absolute atomic E-state index is 4.56. The Labute approximate surface area is 111 Å². The van der Waals surface area contributed by atoms with Gasteiger partial charge in [0.15, 0.2) is 0 Å². The van der Waals surface area contributed by atoms with E-state index in [2.05, 4.69) is 32.0 Å². The molecule has 0 amide bonds. The van der Waals surface area contributed by atoms with E-state index in [1.54, 1.807) is 11.3 Å². The molecule has 0 aromatic carbocycles. The smallest absolute Gasteiger partial charge is 0.225 e. The van der Waals surface area contributed by atoms with Crippen LogP contribution in [0.2, 0.25) is 0 Å². The molecule has 1 aliphatic carbocycles. The van der Waals surface area contributed by atoms with Crippen molar-refractivity contribution in [3.05, 3.63) is 11.4 Å². The molecule has 1 saturated carbocycles. The third-order valence-corrected chi connectivity index (χ3v) is 4.30. The quantitative estimate of drug-likeness (QED) is 0.889. The fourth-order valence-electron chi connectivity index (χ4n) is 2.52. The van der Waals surface area contributed by atoms with E-state index in [0.29, 0.717) is 12.0 Å². The van der Waals surface area contributed by atoms with Crippen LogP contribution >= 0.6 is 11.3 Å². The van der Waals surface area contributed by atoms with Gasteiger partial charge in [0, 0.05) is 13.1 Å². The summed E-state index contributed by atoms with van der Waals surface area (Å²) in [6.07, 6.45) is 6.54. The molecule has 18 heavy (non-hydrogen) atoms. The van der Waals surface area contributed by atoms with E-state index in [0.717, 1.165) is 16.0 Å². The standard InChI is InChI=1S/C13H18N4S/c1-14-13-16-11(10-7-8-18-12(10)17-13)15-9-5-3-2-4-6-9/h7-9H,2-6H2,1H3,(H2,14,15,16,17). The molecule has 0 atom stereocenters. The maximum atomic E-state index is 4.56. The Morgan fingerprint density at radius 1 is 1.22 bits per heavy atom. The molecule has 4 nitrogen and oxygen atoms in total. The largest absolute Gasteiger partial charge is 0.367 e. The van der Waals surface area contributed by atoms with Gasteiger partial charge >= 0.3 is 0 Å². The molecule has 0 radical (unpaired) electrons. The van der Waals surface area contributed by atoms with Crippen LogP contribution in [0.1, 0.15) is 32.1 Å². The predicted molar refractivity (Wildman–Crippen MR) is 77.5 cm³/mol. The van der Waals surface area contributed by atoms with E-state index < -0.39 is 0 Å². The lowest BCUT2D eigenvalue weighted by Crippen LogP contribution is -2.23. The number of hydrogen-bond acceptors (Lipinski definition) is 5. The van der Waals surface area contributed by atoms with Gasteiger partial charge in [-0.15, -0.1) is 11.3 Å². The topological polar surface area (TPSA) is 49.8 Å². The minimum Gasteiger partial charge on any atom is -0.367 e. The lowest BCUT2D eigenvalue weighted by atomic mass is 9.95. The molecule has 0 bridgehead atoms. The summed E-state index contributed by atoms with van der Waals surface area (Å²) >= 11 is 1.66. The molecule has 2 aromatic heterocycles. The Bertz CT molecular complexity index is 531. The highest BCUT2D eigenvalue weighted by Crippen LogP contribution is 2.29. The Hall–Kier alpha value is -1.36. The summed E-state index contributed by atoms with van der Waals surface area (Å²) in [5.41, 5.74) is 0. The zero-order valence-electron chi connectivity index (χ0n) is 10.6. The second-order valence-corrected chi connectivity index (χ2v) is 5.66. The van der Waals surface area contributed by atoms with E-state index in [1.807, 2.05) is 7.05 Å². The first kappa shape index (κ1) is 11.7. The zero-order valence-corrected chi connectivity index (χ0v) is 11.4. The van der Waals surface area contributed by atoms with Gasteiger partial charge in [0.25, 0.3) is 0 Å². The molecule has 96 valence electrons. The number of anilines is 2. The molecular weight excluding hydrogens is 244 g/mol. The van der Waals surface area contributed by atoms with Gasteiger partial charge in [-0.05, 0) is 24.3 Å². The van der Waals surface area contributed by atoms with Gasteiger partial charge in [0.2, 0.25) is 5.95 Å². The summed E-state index contributed by atoms with van der Waals surface area (Å²) in [5, 5.41) is 9.85. The average Bonchev–Trinajstić information content (AvgIpc) is 2.88. The molecule has 2 N–H and O–H groups in total. The van der Waals surface area contributed by atoms with Crippen molar-refractivity contribution < 1.29 is 0 Å². The summed E-state index contributed by atoms with van der Waals surface area (Å²) in [6, 6.07) is 2.67. The number of thiophene rings is 1. The third kappa shape index (κ3) is 2.27. The maximum Gasteiger partial charge on any atom is 0.225 e. The van der Waals surface area contributed by atoms with Gasteiger partial charge in [-0.1, -0.05) is 19.3 Å². The molecule has 0 spiro atoms. The lowest BCUT2D eigenvalue weighted by Gasteiger charge is -2.23. The molecule has 0 unspecified atom stereocenters. The Kier molecular flexibility index (Phi) is 3.32. The van der Waals surface area contributed by atoms with Crippen LogP contribution in [0.15, 0.2) is 11.4 Å². The normalized spacial score (nSPS) is 16.9. The van der Waals surface area contributed by atoms with Crippen molar-refractivity contribution in [1.29, 1.82) is 0 Å². The Morgan fingerprint density at radius 3 is 2.83 bits per heavy atom. The van der Waals surface area contributed by atoms with Crippen molar-refractivity contribution in [3.63, 3.8) is 0 Å². The third-order valence-electron chi connectivity index (χ3n) is 3.49. The summed E-state index contributed by atoms with van der Waals surface area (Å²) in [7, 11) is 1.86. The van der Waals surface area contributed by atoms with Crippen molar-refractivity contribution in [1.82, 2.24) is 9.97 Å². The fourth-order valence-corrected chi connectivity index (χ4v) is 3.28. The van der Waals surface area contributed by atoms with Crippen LogP contribution in [0.3, 0.4) is 0 Å². The van der Waals surface area contributed by atoms with Gasteiger partial charge in [-0.25, -0.2) is 4.98 Å². The Morgan fingerprint density at radius 2 is 2.06 bits per heavy atom. The van der Waals surface area contributed by atoms with Gasteiger partial charge < -0.3 is 10.6 Å². The monoisotopic (exact) mass is 262 g/mol. The number of hydrogen-bond donors (Lipinski definition) is 2. The van der Waals surface area contributed by atoms with Gasteiger partial charge in [-0.3, -0.25) is 0 Å². The number of aromatic nitrogens is 2. The van der Waals surface area contributed by atoms with Crippen LogP contribution in [-0.4, -0.2) is 23.1 Å². The van der Waals surface area contributed by atoms with E-state index in [9.17, 15) is 0 Å². The molecular formula is C13H18N4S. The van der Waals surface area contributed by atoms with Crippen molar-refractivity contribution in [2.24, 2.45) is 0 Å². The van der Waals surface area contributed by atoms with Crippen LogP contribution in [0, 0.1) is 0 Å². The SMILES string of the molecule is CNc1nc(NC2CCCCC2)c2ccsc2n1. The van der Waals surface area contributed by atoms with E-state index in [4.69, 9.17) is 0 Å². The van der Waals surface area contributed by atoms with Crippen molar-refractivity contribution >= 4 is 33.3 Å². The molecule has 2 heterocycles. The van der Waals surface area contributed by atoms with E-state index in [-0.39, 0.29) is 0 Å². The average molecular weight is 262 g/mol. The number of fused-ring (bicyclic) bond motifs is 1. The lowest BCUT2D eigenvalue weighted by molar-refractivity contribution is 0.462. The second-order valence-electron chi connectivity index (χ2n) is 4.76. The molecule has 5 heteroatoms. The first-order valence-corrected chi connectivity index (χ1v) is 7.44. The number of nitrogens with one attached hydrogen (secondary N) is 2. The van der Waals surface area contributed by atoms with Crippen molar-refractivity contribution in [2.45, 2.75) is 38.1 Å². The van der Waals surface area contributed by atoms with E-state index in [1.165, 1.54) is 32.1 Å². The number of rotatable bonds is 3. The van der Waals surface area contributed by atoms with Gasteiger partial charge in [0.05, 0.1) is 5.39 Å². The fraction of sp³-hybridized carbons (Fsp3) is 0.538.